The van der Waals surface area contributed by atoms with Gasteiger partial charge in [-0.05, 0) is 0 Å². The van der Waals surface area contributed by atoms with Gasteiger partial charge in [-0.15, -0.1) is 0 Å². The molecule has 122 valence electrons. The maximum Gasteiger partial charge on any atom is 0.158 e. The second-order valence-electron chi connectivity index (χ2n) is 5.74. The molecule has 4 N–H and O–H groups in total. The van der Waals surface area contributed by atoms with Gasteiger partial charge in [0.1, 0.15) is 11.4 Å². The summed E-state index contributed by atoms with van der Waals surface area (Å²) in [5, 5.41) is 13.3. The van der Waals surface area contributed by atoms with Gasteiger partial charge in [0.05, 0.1) is 43.6 Å². The van der Waals surface area contributed by atoms with E-state index >= 15 is 0 Å². The number of nitrogens with two attached hydrogens (primary N) is 1. The van der Waals surface area contributed by atoms with Crippen LogP contribution in [0.25, 0.3) is 11.5 Å². The zero-order valence-electron chi connectivity index (χ0n) is 12.8. The van der Waals surface area contributed by atoms with Gasteiger partial charge in [0.2, 0.25) is 0 Å². The van der Waals surface area contributed by atoms with Crippen molar-refractivity contribution in [3.63, 3.8) is 0 Å². The van der Waals surface area contributed by atoms with Crippen LogP contribution in [-0.4, -0.2) is 75.7 Å². The molecule has 1 fully saturated rings. The Morgan fingerprint density at radius 2 is 2.13 bits per heavy atom. The molecule has 0 amide bonds. The first kappa shape index (κ1) is 14.2. The lowest BCUT2D eigenvalue weighted by Crippen LogP contribution is -2.40. The summed E-state index contributed by atoms with van der Waals surface area (Å²) >= 11 is 0. The second kappa shape index (κ2) is 6.01. The number of imidazole rings is 1. The summed E-state index contributed by atoms with van der Waals surface area (Å²) in [6.45, 7) is 6.23. The summed E-state index contributed by atoms with van der Waals surface area (Å²) in [7, 11) is 0. The van der Waals surface area contributed by atoms with E-state index in [1.54, 1.807) is 12.4 Å². The number of anilines is 1. The minimum absolute atomic E-state index is 0.581. The van der Waals surface area contributed by atoms with Crippen molar-refractivity contribution in [1.29, 1.82) is 0 Å². The topological polar surface area (TPSA) is 111 Å². The number of ether oxygens (including phenoxy) is 1. The first-order chi connectivity index (χ1) is 11.3. The zero-order chi connectivity index (χ0) is 15.6. The van der Waals surface area contributed by atoms with Gasteiger partial charge < -0.3 is 15.5 Å². The predicted molar refractivity (Wildman–Crippen MR) is 85.8 cm³/mol. The molecule has 0 bridgehead atoms. The van der Waals surface area contributed by atoms with Gasteiger partial charge in [-0.3, -0.25) is 15.0 Å². The van der Waals surface area contributed by atoms with Gasteiger partial charge in [-0.2, -0.15) is 10.2 Å². The number of aromatic amines is 2. The van der Waals surface area contributed by atoms with Crippen LogP contribution in [0.3, 0.4) is 0 Å². The minimum Gasteiger partial charge on any atom is -0.396 e. The number of hydrazone groups is 1. The number of nitrogen functional groups attached to an aromatic ring is 1. The smallest absolute Gasteiger partial charge is 0.158 e. The van der Waals surface area contributed by atoms with Crippen LogP contribution in [0, 0.1) is 0 Å². The molecule has 9 heteroatoms. The van der Waals surface area contributed by atoms with E-state index in [1.807, 2.05) is 0 Å². The van der Waals surface area contributed by atoms with Crippen molar-refractivity contribution in [3.8, 4) is 11.5 Å². The zero-order valence-corrected chi connectivity index (χ0v) is 12.8. The molecule has 23 heavy (non-hydrogen) atoms. The lowest BCUT2D eigenvalue weighted by molar-refractivity contribution is 0.0329. The monoisotopic (exact) mass is 316 g/mol. The van der Waals surface area contributed by atoms with Crippen molar-refractivity contribution in [3.05, 3.63) is 17.6 Å². The highest BCUT2D eigenvalue weighted by atomic mass is 16.5. The molecular weight excluding hydrogens is 296 g/mol. The van der Waals surface area contributed by atoms with E-state index < -0.39 is 0 Å². The molecular formula is C14H20N8O. The van der Waals surface area contributed by atoms with Crippen LogP contribution < -0.4 is 5.73 Å². The lowest BCUT2D eigenvalue weighted by Gasteiger charge is -2.29. The van der Waals surface area contributed by atoms with Crippen LogP contribution in [0.15, 0.2) is 11.3 Å². The molecule has 0 atom stereocenters. The number of hydrogen-bond acceptors (Lipinski definition) is 7. The first-order valence-corrected chi connectivity index (χ1v) is 7.77. The van der Waals surface area contributed by atoms with Gasteiger partial charge in [0.25, 0.3) is 0 Å². The number of nitrogens with one attached hydrogen (secondary N) is 2. The molecule has 0 spiro atoms. The Balaban J connectivity index is 1.41. The van der Waals surface area contributed by atoms with Crippen LogP contribution in [0.4, 0.5) is 5.69 Å². The maximum atomic E-state index is 5.87. The van der Waals surface area contributed by atoms with E-state index in [-0.39, 0.29) is 0 Å². The summed E-state index contributed by atoms with van der Waals surface area (Å²) in [6.07, 6.45) is 3.38. The van der Waals surface area contributed by atoms with Crippen LogP contribution in [0.5, 0.6) is 0 Å². The normalized spacial score (nSPS) is 18.3. The standard InChI is InChI=1S/C14H20N8O/c15-10-7-16-20-13(10)14-18-11-8-17-22(9-12(11)19-14)2-1-21-3-5-23-6-4-21/h7-8H,1-6,9,15H2,(H,16,20)(H,18,19). The fourth-order valence-electron chi connectivity index (χ4n) is 2.83. The van der Waals surface area contributed by atoms with Crippen molar-refractivity contribution in [2.75, 3.05) is 45.1 Å². The van der Waals surface area contributed by atoms with Crippen molar-refractivity contribution < 1.29 is 4.74 Å². The average Bonchev–Trinajstić information content (AvgIpc) is 3.19. The van der Waals surface area contributed by atoms with Gasteiger partial charge in [0.15, 0.2) is 5.82 Å². The van der Waals surface area contributed by atoms with E-state index in [0.29, 0.717) is 17.2 Å². The molecule has 0 radical (unpaired) electrons. The number of rotatable bonds is 4. The molecule has 0 aromatic carbocycles. The minimum atomic E-state index is 0.581. The summed E-state index contributed by atoms with van der Waals surface area (Å²) in [5.41, 5.74) is 9.08. The third-order valence-electron chi connectivity index (χ3n) is 4.18. The van der Waals surface area contributed by atoms with E-state index in [2.05, 4.69) is 35.2 Å². The Kier molecular flexibility index (Phi) is 3.72. The summed E-state index contributed by atoms with van der Waals surface area (Å²) in [6, 6.07) is 0. The largest absolute Gasteiger partial charge is 0.396 e. The number of H-pyrrole nitrogens is 2. The molecule has 2 aromatic heterocycles. The summed E-state index contributed by atoms with van der Waals surface area (Å²) in [4.78, 5) is 10.2. The van der Waals surface area contributed by atoms with Gasteiger partial charge in [-0.1, -0.05) is 0 Å². The molecule has 2 aromatic rings. The highest BCUT2D eigenvalue weighted by Gasteiger charge is 2.19. The number of hydrogen-bond donors (Lipinski definition) is 3. The molecule has 2 aliphatic rings. The van der Waals surface area contributed by atoms with Crippen LogP contribution in [0.2, 0.25) is 0 Å². The van der Waals surface area contributed by atoms with E-state index in [4.69, 9.17) is 10.5 Å². The maximum absolute atomic E-state index is 5.87. The second-order valence-corrected chi connectivity index (χ2v) is 5.74. The molecule has 0 unspecified atom stereocenters. The third-order valence-corrected chi connectivity index (χ3v) is 4.18. The number of morpholine rings is 1. The molecule has 0 saturated carbocycles. The van der Waals surface area contributed by atoms with Crippen molar-refractivity contribution in [1.82, 2.24) is 30.1 Å². The molecule has 0 aliphatic carbocycles. The fourth-order valence-corrected chi connectivity index (χ4v) is 2.83. The Morgan fingerprint density at radius 1 is 1.26 bits per heavy atom. The number of nitrogens with zero attached hydrogens (tertiary/aromatic N) is 5. The fraction of sp³-hybridized carbons (Fsp3) is 0.500. The van der Waals surface area contributed by atoms with Crippen LogP contribution in [0.1, 0.15) is 11.4 Å². The number of fused-ring (bicyclic) bond motifs is 1. The van der Waals surface area contributed by atoms with E-state index in [9.17, 15) is 0 Å². The van der Waals surface area contributed by atoms with E-state index in [1.165, 1.54) is 0 Å². The van der Waals surface area contributed by atoms with E-state index in [0.717, 1.165) is 57.3 Å². The Labute approximate surface area is 133 Å². The molecule has 4 rings (SSSR count). The van der Waals surface area contributed by atoms with Crippen molar-refractivity contribution >= 4 is 11.9 Å². The van der Waals surface area contributed by atoms with Crippen molar-refractivity contribution in [2.45, 2.75) is 6.54 Å². The highest BCUT2D eigenvalue weighted by molar-refractivity contribution is 5.81. The summed E-state index contributed by atoms with van der Waals surface area (Å²) < 4.78 is 5.37. The van der Waals surface area contributed by atoms with Crippen LogP contribution in [-0.2, 0) is 11.3 Å². The molecule has 4 heterocycles. The Bertz CT molecular complexity index is 699. The molecule has 9 nitrogen and oxygen atoms in total. The van der Waals surface area contributed by atoms with Gasteiger partial charge >= 0.3 is 0 Å². The predicted octanol–water partition coefficient (Wildman–Crippen LogP) is -0.136. The SMILES string of the molecule is Nc1cn[nH]c1-c1nc2c([nH]1)CN(CCN1CCOCC1)N=C2. The van der Waals surface area contributed by atoms with Crippen molar-refractivity contribution in [2.24, 2.45) is 5.10 Å². The quantitative estimate of drug-likeness (QED) is 0.724. The Hall–Kier alpha value is -2.39. The Morgan fingerprint density at radius 3 is 2.91 bits per heavy atom. The highest BCUT2D eigenvalue weighted by Crippen LogP contribution is 2.23. The lowest BCUT2D eigenvalue weighted by atomic mass is 10.3. The third kappa shape index (κ3) is 2.92. The molecule has 2 aliphatic heterocycles. The summed E-state index contributed by atoms with van der Waals surface area (Å²) in [5.74, 6) is 0.700. The van der Waals surface area contributed by atoms with Gasteiger partial charge in [-0.25, -0.2) is 4.98 Å². The van der Waals surface area contributed by atoms with Crippen LogP contribution >= 0.6 is 0 Å². The average molecular weight is 316 g/mol. The first-order valence-electron chi connectivity index (χ1n) is 7.77. The molecule has 1 saturated heterocycles. The van der Waals surface area contributed by atoms with Gasteiger partial charge in [0, 0.05) is 26.2 Å². The number of aromatic nitrogens is 4.